The van der Waals surface area contributed by atoms with Crippen LogP contribution in [0.5, 0.6) is 0 Å². The van der Waals surface area contributed by atoms with E-state index >= 15 is 0 Å². The van der Waals surface area contributed by atoms with Crippen LogP contribution in [0.15, 0.2) is 0 Å². The fourth-order valence-electron chi connectivity index (χ4n) is 1.61. The zero-order valence-corrected chi connectivity index (χ0v) is 10.8. The Morgan fingerprint density at radius 1 is 1.44 bits per heavy atom. The molecule has 1 saturated heterocycles. The van der Waals surface area contributed by atoms with Crippen LogP contribution in [0.25, 0.3) is 0 Å². The van der Waals surface area contributed by atoms with Crippen molar-refractivity contribution in [3.05, 3.63) is 0 Å². The fourth-order valence-corrected chi connectivity index (χ4v) is 1.61. The topological polar surface area (TPSA) is 50.4 Å². The van der Waals surface area contributed by atoms with Crippen LogP contribution in [-0.4, -0.2) is 38.3 Å². The van der Waals surface area contributed by atoms with E-state index in [0.29, 0.717) is 0 Å². The molecule has 0 saturated carbocycles. The molecule has 1 fully saturated rings. The monoisotopic (exact) mass is 250 g/mol. The first-order valence-electron chi connectivity index (χ1n) is 5.92. The minimum absolute atomic E-state index is 0. The molecule has 1 aliphatic heterocycles. The number of unbranched alkanes of at least 4 members (excludes halogenated alkanes) is 1. The molecule has 0 radical (unpaired) electrons. The van der Waals surface area contributed by atoms with Gasteiger partial charge < -0.3 is 15.4 Å². The van der Waals surface area contributed by atoms with Crippen molar-refractivity contribution in [2.24, 2.45) is 0 Å². The molecule has 2 N–H and O–H groups in total. The van der Waals surface area contributed by atoms with E-state index in [1.165, 1.54) is 0 Å². The first-order valence-corrected chi connectivity index (χ1v) is 5.92. The third kappa shape index (κ3) is 7.04. The van der Waals surface area contributed by atoms with Crippen molar-refractivity contribution >= 4 is 18.3 Å². The molecular weight excluding hydrogens is 228 g/mol. The van der Waals surface area contributed by atoms with Gasteiger partial charge in [-0.05, 0) is 32.4 Å². The molecule has 16 heavy (non-hydrogen) atoms. The molecule has 1 heterocycles. The summed E-state index contributed by atoms with van der Waals surface area (Å²) in [4.78, 5) is 11.3. The van der Waals surface area contributed by atoms with Crippen LogP contribution in [0, 0.1) is 0 Å². The first kappa shape index (κ1) is 15.7. The summed E-state index contributed by atoms with van der Waals surface area (Å²) in [5.74, 6) is 0.0157. The normalized spacial score (nSPS) is 16.6. The summed E-state index contributed by atoms with van der Waals surface area (Å²) >= 11 is 0. The molecule has 0 atom stereocenters. The molecule has 0 aliphatic carbocycles. The number of carbonyl (C=O) groups is 1. The zero-order chi connectivity index (χ0) is 10.9. The van der Waals surface area contributed by atoms with Gasteiger partial charge in [-0.15, -0.1) is 12.4 Å². The number of ether oxygens (including phenoxy) is 1. The SMILES string of the molecule is CCCCNC(=O)COC1CCNCC1.Cl. The number of amides is 1. The predicted molar refractivity (Wildman–Crippen MR) is 67.0 cm³/mol. The lowest BCUT2D eigenvalue weighted by atomic mass is 10.1. The van der Waals surface area contributed by atoms with Crippen molar-refractivity contribution in [2.75, 3.05) is 26.2 Å². The fraction of sp³-hybridized carbons (Fsp3) is 0.909. The number of hydrogen-bond donors (Lipinski definition) is 2. The van der Waals surface area contributed by atoms with Crippen LogP contribution < -0.4 is 10.6 Å². The van der Waals surface area contributed by atoms with E-state index in [1.807, 2.05) is 0 Å². The molecule has 96 valence electrons. The van der Waals surface area contributed by atoms with Gasteiger partial charge in [-0.25, -0.2) is 0 Å². The molecule has 5 heteroatoms. The molecule has 0 aromatic heterocycles. The van der Waals surface area contributed by atoms with Crippen LogP contribution in [0.4, 0.5) is 0 Å². The zero-order valence-electron chi connectivity index (χ0n) is 9.96. The van der Waals surface area contributed by atoms with E-state index in [0.717, 1.165) is 45.3 Å². The third-order valence-corrected chi connectivity index (χ3v) is 2.59. The Morgan fingerprint density at radius 2 is 2.12 bits per heavy atom. The molecule has 0 aromatic carbocycles. The highest BCUT2D eigenvalue weighted by atomic mass is 35.5. The highest BCUT2D eigenvalue weighted by Gasteiger charge is 2.14. The van der Waals surface area contributed by atoms with Gasteiger partial charge in [0.15, 0.2) is 0 Å². The Kier molecular flexibility index (Phi) is 9.68. The van der Waals surface area contributed by atoms with Crippen molar-refractivity contribution < 1.29 is 9.53 Å². The maximum Gasteiger partial charge on any atom is 0.246 e. The summed E-state index contributed by atoms with van der Waals surface area (Å²) in [6, 6.07) is 0. The summed E-state index contributed by atoms with van der Waals surface area (Å²) in [6.45, 7) is 5.10. The number of halogens is 1. The minimum atomic E-state index is 0. The lowest BCUT2D eigenvalue weighted by Gasteiger charge is -2.22. The summed E-state index contributed by atoms with van der Waals surface area (Å²) in [7, 11) is 0. The van der Waals surface area contributed by atoms with E-state index in [1.54, 1.807) is 0 Å². The Morgan fingerprint density at radius 3 is 2.75 bits per heavy atom. The van der Waals surface area contributed by atoms with Gasteiger partial charge in [0, 0.05) is 6.54 Å². The van der Waals surface area contributed by atoms with Crippen LogP contribution >= 0.6 is 12.4 Å². The van der Waals surface area contributed by atoms with E-state index < -0.39 is 0 Å². The number of nitrogens with one attached hydrogen (secondary N) is 2. The quantitative estimate of drug-likeness (QED) is 0.694. The van der Waals surface area contributed by atoms with Crippen LogP contribution in [0.2, 0.25) is 0 Å². The molecule has 0 unspecified atom stereocenters. The van der Waals surface area contributed by atoms with E-state index in [9.17, 15) is 4.79 Å². The molecule has 0 aromatic rings. The maximum atomic E-state index is 11.3. The van der Waals surface area contributed by atoms with E-state index in [2.05, 4.69) is 17.6 Å². The van der Waals surface area contributed by atoms with Gasteiger partial charge >= 0.3 is 0 Å². The van der Waals surface area contributed by atoms with Crippen LogP contribution in [0.1, 0.15) is 32.6 Å². The Balaban J connectivity index is 0.00000225. The van der Waals surface area contributed by atoms with Gasteiger partial charge in [-0.1, -0.05) is 13.3 Å². The summed E-state index contributed by atoms with van der Waals surface area (Å²) in [6.07, 6.45) is 4.45. The van der Waals surface area contributed by atoms with Gasteiger partial charge in [0.25, 0.3) is 0 Å². The molecule has 1 rings (SSSR count). The second kappa shape index (κ2) is 9.87. The van der Waals surface area contributed by atoms with Gasteiger partial charge in [-0.3, -0.25) is 4.79 Å². The van der Waals surface area contributed by atoms with Crippen molar-refractivity contribution in [2.45, 2.75) is 38.7 Å². The standard InChI is InChI=1S/C11H22N2O2.ClH/c1-2-3-6-13-11(14)9-15-10-4-7-12-8-5-10;/h10,12H,2-9H2,1H3,(H,13,14);1H. The third-order valence-electron chi connectivity index (χ3n) is 2.59. The lowest BCUT2D eigenvalue weighted by Crippen LogP contribution is -2.36. The Bertz CT molecular complexity index is 185. The molecule has 1 aliphatic rings. The van der Waals surface area contributed by atoms with Crippen molar-refractivity contribution in [3.63, 3.8) is 0 Å². The predicted octanol–water partition coefficient (Wildman–Crippen LogP) is 1.09. The number of piperidine rings is 1. The summed E-state index contributed by atoms with van der Waals surface area (Å²) in [5, 5.41) is 6.11. The largest absolute Gasteiger partial charge is 0.368 e. The average molecular weight is 251 g/mol. The maximum absolute atomic E-state index is 11.3. The second-order valence-corrected chi connectivity index (χ2v) is 3.96. The number of hydrogen-bond acceptors (Lipinski definition) is 3. The first-order chi connectivity index (χ1) is 7.33. The van der Waals surface area contributed by atoms with Crippen molar-refractivity contribution in [1.82, 2.24) is 10.6 Å². The van der Waals surface area contributed by atoms with Gasteiger partial charge in [-0.2, -0.15) is 0 Å². The van der Waals surface area contributed by atoms with Crippen LogP contribution in [0.3, 0.4) is 0 Å². The molecule has 0 spiro atoms. The van der Waals surface area contributed by atoms with Gasteiger partial charge in [0.2, 0.25) is 5.91 Å². The van der Waals surface area contributed by atoms with Gasteiger partial charge in [0.05, 0.1) is 6.10 Å². The summed E-state index contributed by atoms with van der Waals surface area (Å²) in [5.41, 5.74) is 0. The smallest absolute Gasteiger partial charge is 0.246 e. The average Bonchev–Trinajstić information content (AvgIpc) is 2.28. The van der Waals surface area contributed by atoms with E-state index in [4.69, 9.17) is 4.74 Å². The van der Waals surface area contributed by atoms with Gasteiger partial charge in [0.1, 0.15) is 6.61 Å². The van der Waals surface area contributed by atoms with Crippen LogP contribution in [-0.2, 0) is 9.53 Å². The van der Waals surface area contributed by atoms with Crippen molar-refractivity contribution in [3.8, 4) is 0 Å². The molecule has 0 bridgehead atoms. The molecule has 4 nitrogen and oxygen atoms in total. The second-order valence-electron chi connectivity index (χ2n) is 3.96. The Hall–Kier alpha value is -0.320. The highest BCUT2D eigenvalue weighted by molar-refractivity contribution is 5.85. The highest BCUT2D eigenvalue weighted by Crippen LogP contribution is 2.06. The number of rotatable bonds is 6. The number of carbonyl (C=O) groups excluding carboxylic acids is 1. The molecular formula is C11H23ClN2O2. The lowest BCUT2D eigenvalue weighted by molar-refractivity contribution is -0.128. The van der Waals surface area contributed by atoms with E-state index in [-0.39, 0.29) is 31.0 Å². The summed E-state index contributed by atoms with van der Waals surface area (Å²) < 4.78 is 5.52. The Labute approximate surface area is 104 Å². The molecule has 1 amide bonds. The van der Waals surface area contributed by atoms with Crippen molar-refractivity contribution in [1.29, 1.82) is 0 Å². The minimum Gasteiger partial charge on any atom is -0.368 e.